The number of rotatable bonds is 5. The van der Waals surface area contributed by atoms with Gasteiger partial charge in [-0.25, -0.2) is 9.59 Å². The van der Waals surface area contributed by atoms with Crippen LogP contribution in [-0.4, -0.2) is 17.0 Å². The molecule has 130 valence electrons. The first-order valence-corrected chi connectivity index (χ1v) is 8.54. The lowest BCUT2D eigenvalue weighted by Crippen LogP contribution is -2.46. The van der Waals surface area contributed by atoms with Gasteiger partial charge < -0.3 is 9.84 Å². The molecule has 0 radical (unpaired) electrons. The van der Waals surface area contributed by atoms with E-state index >= 15 is 0 Å². The van der Waals surface area contributed by atoms with E-state index in [2.05, 4.69) is 20.8 Å². The minimum absolute atomic E-state index is 0.207. The van der Waals surface area contributed by atoms with E-state index in [-0.39, 0.29) is 5.92 Å². The van der Waals surface area contributed by atoms with Gasteiger partial charge in [0.05, 0.1) is 0 Å². The van der Waals surface area contributed by atoms with Gasteiger partial charge in [-0.1, -0.05) is 57.5 Å². The molecule has 24 heavy (non-hydrogen) atoms. The van der Waals surface area contributed by atoms with Gasteiger partial charge in [0.1, 0.15) is 5.60 Å². The van der Waals surface area contributed by atoms with Crippen molar-refractivity contribution >= 4 is 11.9 Å². The number of carbonyl (C=O) groups excluding carboxylic acids is 1. The summed E-state index contributed by atoms with van der Waals surface area (Å²) in [5.74, 6) is -0.747. The molecule has 1 saturated carbocycles. The van der Waals surface area contributed by atoms with E-state index in [0.29, 0.717) is 11.8 Å². The largest absolute Gasteiger partial charge is 0.478 e. The Morgan fingerprint density at radius 2 is 1.88 bits per heavy atom. The molecule has 0 bridgehead atoms. The summed E-state index contributed by atoms with van der Waals surface area (Å²) in [5.41, 5.74) is 0.292. The first kappa shape index (κ1) is 18.2. The molecular weight excluding hydrogens is 304 g/mol. The van der Waals surface area contributed by atoms with Crippen LogP contribution in [0.2, 0.25) is 0 Å². The van der Waals surface area contributed by atoms with E-state index in [1.54, 1.807) is 0 Å². The standard InChI is InChI=1S/C20H26O4/c1-14(2)17-10-9-15(3)13-20(17,16-7-5-4-6-8-16)24-19(23)12-11-18(21)22/h4-8,11-12,14-15,17H,9-10,13H2,1-3H3,(H,21,22)/b12-11-. The Hall–Kier alpha value is -2.10. The number of benzene rings is 1. The number of carboxylic acid groups (broad SMARTS) is 1. The Morgan fingerprint density at radius 3 is 2.46 bits per heavy atom. The van der Waals surface area contributed by atoms with Gasteiger partial charge in [-0.2, -0.15) is 0 Å². The van der Waals surface area contributed by atoms with Crippen molar-refractivity contribution in [3.63, 3.8) is 0 Å². The molecule has 1 aliphatic carbocycles. The highest BCUT2D eigenvalue weighted by Gasteiger charge is 2.48. The maximum atomic E-state index is 12.3. The van der Waals surface area contributed by atoms with Gasteiger partial charge in [-0.05, 0) is 30.2 Å². The number of hydrogen-bond acceptors (Lipinski definition) is 3. The van der Waals surface area contributed by atoms with Crippen LogP contribution in [0.25, 0.3) is 0 Å². The average molecular weight is 330 g/mol. The molecule has 1 aliphatic rings. The second-order valence-electron chi connectivity index (χ2n) is 7.09. The van der Waals surface area contributed by atoms with E-state index in [4.69, 9.17) is 9.84 Å². The predicted octanol–water partition coefficient (Wildman–Crippen LogP) is 4.16. The van der Waals surface area contributed by atoms with Crippen molar-refractivity contribution < 1.29 is 19.4 Å². The molecule has 0 amide bonds. The molecule has 1 aromatic rings. The van der Waals surface area contributed by atoms with Gasteiger partial charge in [0.15, 0.2) is 0 Å². The zero-order valence-corrected chi connectivity index (χ0v) is 14.6. The third kappa shape index (κ3) is 4.05. The topological polar surface area (TPSA) is 63.6 Å². The molecule has 1 aromatic carbocycles. The highest BCUT2D eigenvalue weighted by Crippen LogP contribution is 2.49. The van der Waals surface area contributed by atoms with Crippen LogP contribution in [0.15, 0.2) is 42.5 Å². The minimum Gasteiger partial charge on any atom is -0.478 e. The van der Waals surface area contributed by atoms with Crippen molar-refractivity contribution in [1.82, 2.24) is 0 Å². The zero-order valence-electron chi connectivity index (χ0n) is 14.6. The summed E-state index contributed by atoms with van der Waals surface area (Å²) in [7, 11) is 0. The quantitative estimate of drug-likeness (QED) is 0.650. The van der Waals surface area contributed by atoms with Gasteiger partial charge >= 0.3 is 11.9 Å². The van der Waals surface area contributed by atoms with Crippen molar-refractivity contribution in [2.45, 2.75) is 45.6 Å². The summed E-state index contributed by atoms with van der Waals surface area (Å²) >= 11 is 0. The molecular formula is C20H26O4. The Morgan fingerprint density at radius 1 is 1.21 bits per heavy atom. The Bertz CT molecular complexity index is 605. The summed E-state index contributed by atoms with van der Waals surface area (Å²) in [4.78, 5) is 23.0. The van der Waals surface area contributed by atoms with Crippen molar-refractivity contribution in [3.05, 3.63) is 48.0 Å². The average Bonchev–Trinajstić information content (AvgIpc) is 2.53. The second kappa shape index (κ2) is 7.65. The Labute approximate surface area is 143 Å². The smallest absolute Gasteiger partial charge is 0.331 e. The monoisotopic (exact) mass is 330 g/mol. The van der Waals surface area contributed by atoms with Crippen LogP contribution >= 0.6 is 0 Å². The highest BCUT2D eigenvalue weighted by molar-refractivity contribution is 5.91. The molecule has 1 fully saturated rings. The Kier molecular flexibility index (Phi) is 5.81. The highest BCUT2D eigenvalue weighted by atomic mass is 16.6. The molecule has 0 aromatic heterocycles. The van der Waals surface area contributed by atoms with E-state index in [0.717, 1.165) is 37.0 Å². The molecule has 3 atom stereocenters. The maximum absolute atomic E-state index is 12.3. The van der Waals surface area contributed by atoms with Gasteiger partial charge in [-0.3, -0.25) is 0 Å². The maximum Gasteiger partial charge on any atom is 0.331 e. The third-order valence-corrected chi connectivity index (χ3v) is 4.93. The lowest BCUT2D eigenvalue weighted by atomic mass is 9.64. The molecule has 2 rings (SSSR count). The van der Waals surface area contributed by atoms with E-state index in [9.17, 15) is 9.59 Å². The van der Waals surface area contributed by atoms with Gasteiger partial charge in [-0.15, -0.1) is 0 Å². The number of esters is 1. The lowest BCUT2D eigenvalue weighted by Gasteiger charge is -2.47. The van der Waals surface area contributed by atoms with Gasteiger partial charge in [0.2, 0.25) is 0 Å². The van der Waals surface area contributed by atoms with Gasteiger partial charge in [0.25, 0.3) is 0 Å². The lowest BCUT2D eigenvalue weighted by molar-refractivity contribution is -0.174. The summed E-state index contributed by atoms with van der Waals surface area (Å²) in [6.07, 6.45) is 4.69. The van der Waals surface area contributed by atoms with Crippen LogP contribution in [0, 0.1) is 17.8 Å². The first-order valence-electron chi connectivity index (χ1n) is 8.54. The van der Waals surface area contributed by atoms with Crippen LogP contribution in [0.3, 0.4) is 0 Å². The van der Waals surface area contributed by atoms with E-state index < -0.39 is 17.5 Å². The van der Waals surface area contributed by atoms with E-state index in [1.165, 1.54) is 0 Å². The molecule has 4 nitrogen and oxygen atoms in total. The second-order valence-corrected chi connectivity index (χ2v) is 7.09. The SMILES string of the molecule is CC1CCC(C(C)C)C(OC(=O)/C=C\C(=O)O)(c2ccccc2)C1. The normalized spacial score (nSPS) is 27.3. The summed E-state index contributed by atoms with van der Waals surface area (Å²) < 4.78 is 5.97. The molecule has 0 saturated heterocycles. The third-order valence-electron chi connectivity index (χ3n) is 4.93. The van der Waals surface area contributed by atoms with Crippen LogP contribution < -0.4 is 0 Å². The number of carboxylic acids is 1. The zero-order chi connectivity index (χ0) is 17.7. The molecule has 0 heterocycles. The fourth-order valence-corrected chi connectivity index (χ4v) is 3.92. The predicted molar refractivity (Wildman–Crippen MR) is 92.3 cm³/mol. The van der Waals surface area contributed by atoms with Crippen LogP contribution in [0.4, 0.5) is 0 Å². The van der Waals surface area contributed by atoms with Crippen LogP contribution in [-0.2, 0) is 19.9 Å². The number of carbonyl (C=O) groups is 2. The summed E-state index contributed by atoms with van der Waals surface area (Å²) in [6, 6.07) is 9.85. The van der Waals surface area contributed by atoms with Crippen molar-refractivity contribution in [3.8, 4) is 0 Å². The van der Waals surface area contributed by atoms with E-state index in [1.807, 2.05) is 30.3 Å². The molecule has 3 unspecified atom stereocenters. The number of aliphatic carboxylic acids is 1. The minimum atomic E-state index is -1.15. The fraction of sp³-hybridized carbons (Fsp3) is 0.500. The molecule has 1 N–H and O–H groups in total. The molecule has 4 heteroatoms. The fourth-order valence-electron chi connectivity index (χ4n) is 3.92. The Balaban J connectivity index is 2.44. The van der Waals surface area contributed by atoms with Gasteiger partial charge in [0, 0.05) is 18.1 Å². The number of hydrogen-bond donors (Lipinski definition) is 1. The summed E-state index contributed by atoms with van der Waals surface area (Å²) in [6.45, 7) is 6.48. The first-order chi connectivity index (χ1) is 11.3. The summed E-state index contributed by atoms with van der Waals surface area (Å²) in [5, 5.41) is 8.74. The van der Waals surface area contributed by atoms with Crippen molar-refractivity contribution in [2.75, 3.05) is 0 Å². The van der Waals surface area contributed by atoms with Crippen molar-refractivity contribution in [1.29, 1.82) is 0 Å². The molecule has 0 aliphatic heterocycles. The van der Waals surface area contributed by atoms with Crippen LogP contribution in [0.5, 0.6) is 0 Å². The van der Waals surface area contributed by atoms with Crippen LogP contribution in [0.1, 0.15) is 45.6 Å². The number of ether oxygens (including phenoxy) is 1. The molecule has 0 spiro atoms. The van der Waals surface area contributed by atoms with Crippen molar-refractivity contribution in [2.24, 2.45) is 17.8 Å².